The van der Waals surface area contributed by atoms with Crippen LogP contribution in [0, 0.1) is 5.92 Å². The Morgan fingerprint density at radius 1 is 1.00 bits per heavy atom. The molecule has 1 aliphatic rings. The van der Waals surface area contributed by atoms with Crippen LogP contribution >= 0.6 is 0 Å². The number of nitrogens with one attached hydrogen (secondary N) is 1. The molecule has 0 aliphatic carbocycles. The van der Waals surface area contributed by atoms with Gasteiger partial charge in [-0.1, -0.05) is 54.6 Å². The number of likely N-dealkylation sites (tertiary alicyclic amines) is 1. The highest BCUT2D eigenvalue weighted by atomic mass is 32.2. The number of esters is 1. The summed E-state index contributed by atoms with van der Waals surface area (Å²) in [7, 11) is -1.58. The van der Waals surface area contributed by atoms with Gasteiger partial charge in [0.2, 0.25) is 10.0 Å². The van der Waals surface area contributed by atoms with Crippen LogP contribution in [0.2, 0.25) is 0 Å². The number of carbonyl (C=O) groups excluding carboxylic acids is 1. The van der Waals surface area contributed by atoms with Crippen LogP contribution in [-0.4, -0.2) is 55.1 Å². The molecule has 5 aromatic rings. The molecule has 1 fully saturated rings. The van der Waals surface area contributed by atoms with E-state index in [-0.39, 0.29) is 24.9 Å². The number of benzene rings is 3. The van der Waals surface area contributed by atoms with Gasteiger partial charge in [0.05, 0.1) is 18.0 Å². The number of hydrogen-bond acceptors (Lipinski definition) is 7. The Kier molecular flexibility index (Phi) is 8.89. The Morgan fingerprint density at radius 2 is 1.73 bits per heavy atom. The highest BCUT2D eigenvalue weighted by Crippen LogP contribution is 2.30. The monoisotopic (exact) mass is 625 g/mol. The number of rotatable bonds is 10. The van der Waals surface area contributed by atoms with Crippen LogP contribution in [-0.2, 0) is 33.6 Å². The second-order valence-corrected chi connectivity index (χ2v) is 13.7. The number of sulfonamides is 1. The number of hydrogen-bond donors (Lipinski definition) is 2. The highest BCUT2D eigenvalue weighted by Gasteiger charge is 2.27. The second kappa shape index (κ2) is 13.0. The van der Waals surface area contributed by atoms with Crippen LogP contribution in [0.5, 0.6) is 0 Å². The molecule has 0 bridgehead atoms. The van der Waals surface area contributed by atoms with Crippen molar-refractivity contribution in [2.75, 3.05) is 24.9 Å². The predicted octanol–water partition coefficient (Wildman–Crippen LogP) is 5.53. The van der Waals surface area contributed by atoms with Crippen molar-refractivity contribution in [3.05, 3.63) is 107 Å². The first-order valence-corrected chi connectivity index (χ1v) is 17.0. The minimum Gasteiger partial charge on any atom is -0.458 e. The van der Waals surface area contributed by atoms with Gasteiger partial charge in [-0.25, -0.2) is 18.2 Å². The third-order valence-electron chi connectivity index (χ3n) is 8.69. The maximum absolute atomic E-state index is 13.8. The molecule has 234 valence electrons. The third kappa shape index (κ3) is 7.03. The molecule has 0 radical (unpaired) electrons. The summed E-state index contributed by atoms with van der Waals surface area (Å²) in [5.41, 5.74) is 9.65. The average molecular weight is 626 g/mol. The minimum absolute atomic E-state index is 0.143. The molecule has 1 atom stereocenters. The standard InChI is InChI=1S/C35H39N5O4S/c1-24(26-14-16-39(2)17-15-26)44-35(41)33-20-28-12-13-30(21-36)37-34(28)40(33)22-29-19-31(18-27-10-6-7-11-32(27)29)38-45(42,43)23-25-8-4-3-5-9-25/h3-13,18-20,24,26,38H,14-17,21-23,36H2,1-2H3/t24-/m0/s1. The molecule has 0 unspecified atom stereocenters. The lowest BCUT2D eigenvalue weighted by Gasteiger charge is -2.32. The number of fused-ring (bicyclic) bond motifs is 2. The molecule has 1 saturated heterocycles. The van der Waals surface area contributed by atoms with Crippen LogP contribution in [0.25, 0.3) is 21.8 Å². The number of aromatic nitrogens is 2. The lowest BCUT2D eigenvalue weighted by molar-refractivity contribution is 0.00883. The summed E-state index contributed by atoms with van der Waals surface area (Å²) in [5, 5.41) is 2.62. The fourth-order valence-corrected chi connectivity index (χ4v) is 7.37. The maximum Gasteiger partial charge on any atom is 0.355 e. The Hall–Kier alpha value is -4.25. The molecule has 3 N–H and O–H groups in total. The lowest BCUT2D eigenvalue weighted by Crippen LogP contribution is -2.36. The van der Waals surface area contributed by atoms with Gasteiger partial charge in [-0.15, -0.1) is 0 Å². The third-order valence-corrected chi connectivity index (χ3v) is 9.95. The summed E-state index contributed by atoms with van der Waals surface area (Å²) in [6.45, 7) is 4.47. The first-order valence-electron chi connectivity index (χ1n) is 15.3. The maximum atomic E-state index is 13.8. The molecule has 0 saturated carbocycles. The Labute approximate surface area is 264 Å². The second-order valence-electron chi connectivity index (χ2n) is 12.0. The molecule has 9 nitrogen and oxygen atoms in total. The number of nitrogens with two attached hydrogens (primary N) is 1. The number of anilines is 1. The number of nitrogens with zero attached hydrogens (tertiary/aromatic N) is 3. The molecule has 45 heavy (non-hydrogen) atoms. The fraction of sp³-hybridized carbons (Fsp3) is 0.314. The van der Waals surface area contributed by atoms with Crippen LogP contribution in [0.3, 0.4) is 0 Å². The number of ether oxygens (including phenoxy) is 1. The van der Waals surface area contributed by atoms with Gasteiger partial charge in [0, 0.05) is 17.6 Å². The summed E-state index contributed by atoms with van der Waals surface area (Å²) >= 11 is 0. The first-order chi connectivity index (χ1) is 21.7. The van der Waals surface area contributed by atoms with E-state index in [0.717, 1.165) is 47.7 Å². The minimum atomic E-state index is -3.69. The lowest BCUT2D eigenvalue weighted by atomic mass is 9.92. The summed E-state index contributed by atoms with van der Waals surface area (Å²) < 4.78 is 37.1. The largest absolute Gasteiger partial charge is 0.458 e. The summed E-state index contributed by atoms with van der Waals surface area (Å²) in [6.07, 6.45) is 1.73. The predicted molar refractivity (Wildman–Crippen MR) is 178 cm³/mol. The van der Waals surface area contributed by atoms with Crippen molar-refractivity contribution in [1.82, 2.24) is 14.5 Å². The SMILES string of the molecule is C[C@H](OC(=O)c1cc2ccc(CN)nc2n1Cc1cc(NS(=O)(=O)Cc2ccccc2)cc2ccccc12)C1CCN(C)CC1. The molecule has 10 heteroatoms. The molecule has 0 amide bonds. The Morgan fingerprint density at radius 3 is 2.49 bits per heavy atom. The molecule has 2 aromatic heterocycles. The molecule has 1 aliphatic heterocycles. The van der Waals surface area contributed by atoms with Crippen LogP contribution in [0.4, 0.5) is 5.69 Å². The van der Waals surface area contributed by atoms with Gasteiger partial charge >= 0.3 is 5.97 Å². The van der Waals surface area contributed by atoms with Crippen molar-refractivity contribution in [2.24, 2.45) is 11.7 Å². The zero-order valence-electron chi connectivity index (χ0n) is 25.6. The van der Waals surface area contributed by atoms with Crippen LogP contribution in [0.1, 0.15) is 47.1 Å². The summed E-state index contributed by atoms with van der Waals surface area (Å²) in [4.78, 5) is 20.9. The van der Waals surface area contributed by atoms with E-state index in [9.17, 15) is 13.2 Å². The van der Waals surface area contributed by atoms with E-state index in [0.29, 0.717) is 34.2 Å². The van der Waals surface area contributed by atoms with Crippen molar-refractivity contribution in [1.29, 1.82) is 0 Å². The highest BCUT2D eigenvalue weighted by molar-refractivity contribution is 7.91. The van der Waals surface area contributed by atoms with E-state index in [1.54, 1.807) is 12.1 Å². The number of piperidine rings is 1. The Balaban J connectivity index is 1.36. The zero-order chi connectivity index (χ0) is 31.6. The molecule has 3 heterocycles. The van der Waals surface area contributed by atoms with Crippen molar-refractivity contribution >= 4 is 43.5 Å². The van der Waals surface area contributed by atoms with Gasteiger partial charge in [-0.2, -0.15) is 0 Å². The van der Waals surface area contributed by atoms with E-state index in [1.165, 1.54) is 0 Å². The molecule has 0 spiro atoms. The van der Waals surface area contributed by atoms with E-state index in [1.807, 2.05) is 84.3 Å². The van der Waals surface area contributed by atoms with E-state index < -0.39 is 16.0 Å². The number of pyridine rings is 1. The molecular weight excluding hydrogens is 586 g/mol. The van der Waals surface area contributed by atoms with E-state index in [2.05, 4.69) is 16.7 Å². The fourth-order valence-electron chi connectivity index (χ4n) is 6.19. The van der Waals surface area contributed by atoms with Crippen molar-refractivity contribution in [3.8, 4) is 0 Å². The molecular formula is C35H39N5O4S. The van der Waals surface area contributed by atoms with E-state index in [4.69, 9.17) is 15.5 Å². The van der Waals surface area contributed by atoms with Gasteiger partial charge in [0.25, 0.3) is 0 Å². The smallest absolute Gasteiger partial charge is 0.355 e. The number of carbonyl (C=O) groups is 1. The summed E-state index contributed by atoms with van der Waals surface area (Å²) in [6, 6.07) is 26.2. The molecule has 3 aromatic carbocycles. The zero-order valence-corrected chi connectivity index (χ0v) is 26.5. The first kappa shape index (κ1) is 30.8. The summed E-state index contributed by atoms with van der Waals surface area (Å²) in [5.74, 6) is -0.248. The van der Waals surface area contributed by atoms with Gasteiger partial charge in [-0.05, 0) is 98.1 Å². The normalized spacial score (nSPS) is 15.4. The van der Waals surface area contributed by atoms with Gasteiger partial charge in [0.1, 0.15) is 17.4 Å². The molecule has 6 rings (SSSR count). The van der Waals surface area contributed by atoms with Crippen molar-refractivity contribution < 1.29 is 17.9 Å². The average Bonchev–Trinajstić information content (AvgIpc) is 3.38. The van der Waals surface area contributed by atoms with Gasteiger partial charge in [0.15, 0.2) is 0 Å². The Bertz CT molecular complexity index is 1930. The van der Waals surface area contributed by atoms with Crippen molar-refractivity contribution in [3.63, 3.8) is 0 Å². The van der Waals surface area contributed by atoms with E-state index >= 15 is 0 Å². The topological polar surface area (TPSA) is 120 Å². The van der Waals surface area contributed by atoms with Crippen molar-refractivity contribution in [2.45, 2.75) is 44.7 Å². The quantitative estimate of drug-likeness (QED) is 0.196. The van der Waals surface area contributed by atoms with Gasteiger partial charge < -0.3 is 19.9 Å². The van der Waals surface area contributed by atoms with Gasteiger partial charge in [-0.3, -0.25) is 4.72 Å². The van der Waals surface area contributed by atoms with Crippen LogP contribution in [0.15, 0.2) is 84.9 Å². The van der Waals surface area contributed by atoms with Crippen LogP contribution < -0.4 is 10.5 Å².